The Balaban J connectivity index is 2.50. The maximum absolute atomic E-state index is 8.76. The van der Waals surface area contributed by atoms with Gasteiger partial charge in [-0.15, -0.1) is 0 Å². The summed E-state index contributed by atoms with van der Waals surface area (Å²) in [6, 6.07) is 0. The van der Waals surface area contributed by atoms with Crippen molar-refractivity contribution >= 4 is 0 Å². The van der Waals surface area contributed by atoms with Crippen LogP contribution in [0.1, 0.15) is 12.5 Å². The SMILES string of the molecule is Cc1cnn(CC(C)CO)c1. The molecule has 1 heterocycles. The Hall–Kier alpha value is -0.830. The molecule has 1 rings (SSSR count). The van der Waals surface area contributed by atoms with E-state index in [0.717, 1.165) is 12.1 Å². The lowest BCUT2D eigenvalue weighted by atomic mass is 10.2. The molecule has 0 aliphatic carbocycles. The van der Waals surface area contributed by atoms with Gasteiger partial charge < -0.3 is 5.11 Å². The Morgan fingerprint density at radius 3 is 2.91 bits per heavy atom. The van der Waals surface area contributed by atoms with Crippen molar-refractivity contribution in [2.75, 3.05) is 6.61 Å². The molecule has 0 aliphatic rings. The molecule has 0 radical (unpaired) electrons. The van der Waals surface area contributed by atoms with Crippen LogP contribution in [0.3, 0.4) is 0 Å². The van der Waals surface area contributed by atoms with Crippen molar-refractivity contribution in [3.63, 3.8) is 0 Å². The zero-order chi connectivity index (χ0) is 8.27. The number of aliphatic hydroxyl groups excluding tert-OH is 1. The quantitative estimate of drug-likeness (QED) is 0.700. The summed E-state index contributed by atoms with van der Waals surface area (Å²) in [5.74, 6) is 0.286. The zero-order valence-corrected chi connectivity index (χ0v) is 6.99. The maximum Gasteiger partial charge on any atom is 0.0518 e. The van der Waals surface area contributed by atoms with Crippen LogP contribution in [-0.4, -0.2) is 21.5 Å². The molecule has 0 fully saturated rings. The maximum atomic E-state index is 8.76. The Kier molecular flexibility index (Phi) is 2.65. The molecule has 0 spiro atoms. The van der Waals surface area contributed by atoms with Gasteiger partial charge in [-0.05, 0) is 18.4 Å². The number of aliphatic hydroxyl groups is 1. The fourth-order valence-corrected chi connectivity index (χ4v) is 0.944. The van der Waals surface area contributed by atoms with E-state index in [0.29, 0.717) is 0 Å². The molecule has 1 N–H and O–H groups in total. The number of aromatic nitrogens is 2. The first-order chi connectivity index (χ1) is 5.22. The van der Waals surface area contributed by atoms with Crippen molar-refractivity contribution in [1.82, 2.24) is 9.78 Å². The van der Waals surface area contributed by atoms with Gasteiger partial charge in [-0.1, -0.05) is 6.92 Å². The lowest BCUT2D eigenvalue weighted by molar-refractivity contribution is 0.219. The van der Waals surface area contributed by atoms with Crippen LogP contribution >= 0.6 is 0 Å². The second kappa shape index (κ2) is 3.53. The topological polar surface area (TPSA) is 38.0 Å². The highest BCUT2D eigenvalue weighted by atomic mass is 16.3. The largest absolute Gasteiger partial charge is 0.396 e. The van der Waals surface area contributed by atoms with Gasteiger partial charge in [0.15, 0.2) is 0 Å². The molecule has 3 heteroatoms. The molecule has 0 bridgehead atoms. The molecule has 0 saturated carbocycles. The Bertz CT molecular complexity index is 220. The van der Waals surface area contributed by atoms with Gasteiger partial charge in [-0.3, -0.25) is 4.68 Å². The third-order valence-electron chi connectivity index (χ3n) is 1.57. The van der Waals surface area contributed by atoms with E-state index in [1.807, 2.05) is 30.9 Å². The summed E-state index contributed by atoms with van der Waals surface area (Å²) in [5.41, 5.74) is 1.16. The average molecular weight is 154 g/mol. The predicted octanol–water partition coefficient (Wildman–Crippen LogP) is 0.820. The summed E-state index contributed by atoms with van der Waals surface area (Å²) in [7, 11) is 0. The highest BCUT2D eigenvalue weighted by Crippen LogP contribution is 2.00. The standard InChI is InChI=1S/C8H14N2O/c1-7-3-9-10(4-7)5-8(2)6-11/h3-4,8,11H,5-6H2,1-2H3. The van der Waals surface area contributed by atoms with Gasteiger partial charge in [0.05, 0.1) is 6.20 Å². The molecule has 1 unspecified atom stereocenters. The Labute approximate surface area is 66.7 Å². The van der Waals surface area contributed by atoms with Crippen LogP contribution in [0.25, 0.3) is 0 Å². The fraction of sp³-hybridized carbons (Fsp3) is 0.625. The van der Waals surface area contributed by atoms with Gasteiger partial charge in [-0.25, -0.2) is 0 Å². The smallest absolute Gasteiger partial charge is 0.0518 e. The summed E-state index contributed by atoms with van der Waals surface area (Å²) >= 11 is 0. The van der Waals surface area contributed by atoms with Gasteiger partial charge in [-0.2, -0.15) is 5.10 Å². The lowest BCUT2D eigenvalue weighted by Crippen LogP contribution is -2.11. The van der Waals surface area contributed by atoms with E-state index in [1.165, 1.54) is 0 Å². The number of hydrogen-bond acceptors (Lipinski definition) is 2. The highest BCUT2D eigenvalue weighted by Gasteiger charge is 2.00. The number of hydrogen-bond donors (Lipinski definition) is 1. The van der Waals surface area contributed by atoms with Crippen LogP contribution < -0.4 is 0 Å². The first-order valence-electron chi connectivity index (χ1n) is 3.82. The van der Waals surface area contributed by atoms with Crippen LogP contribution in [0, 0.1) is 12.8 Å². The van der Waals surface area contributed by atoms with Gasteiger partial charge in [0.25, 0.3) is 0 Å². The summed E-state index contributed by atoms with van der Waals surface area (Å²) in [6.07, 6.45) is 3.80. The molecular weight excluding hydrogens is 140 g/mol. The third kappa shape index (κ3) is 2.35. The molecule has 62 valence electrons. The van der Waals surface area contributed by atoms with Crippen molar-refractivity contribution < 1.29 is 5.11 Å². The summed E-state index contributed by atoms with van der Waals surface area (Å²) in [5, 5.41) is 12.9. The lowest BCUT2D eigenvalue weighted by Gasteiger charge is -2.06. The molecule has 11 heavy (non-hydrogen) atoms. The second-order valence-electron chi connectivity index (χ2n) is 3.03. The summed E-state index contributed by atoms with van der Waals surface area (Å²) in [4.78, 5) is 0. The van der Waals surface area contributed by atoms with E-state index < -0.39 is 0 Å². The number of nitrogens with zero attached hydrogens (tertiary/aromatic N) is 2. The highest BCUT2D eigenvalue weighted by molar-refractivity contribution is 4.99. The van der Waals surface area contributed by atoms with Gasteiger partial charge in [0, 0.05) is 19.3 Å². The van der Waals surface area contributed by atoms with E-state index in [-0.39, 0.29) is 12.5 Å². The second-order valence-corrected chi connectivity index (χ2v) is 3.03. The zero-order valence-electron chi connectivity index (χ0n) is 6.99. The van der Waals surface area contributed by atoms with Crippen molar-refractivity contribution in [2.45, 2.75) is 20.4 Å². The van der Waals surface area contributed by atoms with E-state index in [1.54, 1.807) is 0 Å². The van der Waals surface area contributed by atoms with E-state index in [2.05, 4.69) is 5.10 Å². The van der Waals surface area contributed by atoms with Gasteiger partial charge in [0.1, 0.15) is 0 Å². The first-order valence-corrected chi connectivity index (χ1v) is 3.82. The number of rotatable bonds is 3. The van der Waals surface area contributed by atoms with Crippen molar-refractivity contribution in [3.8, 4) is 0 Å². The molecule has 0 saturated heterocycles. The van der Waals surface area contributed by atoms with E-state index in [9.17, 15) is 0 Å². The van der Waals surface area contributed by atoms with Crippen LogP contribution in [0.4, 0.5) is 0 Å². The van der Waals surface area contributed by atoms with E-state index >= 15 is 0 Å². The monoisotopic (exact) mass is 154 g/mol. The first kappa shape index (κ1) is 8.27. The minimum Gasteiger partial charge on any atom is -0.396 e. The fourth-order valence-electron chi connectivity index (χ4n) is 0.944. The molecule has 0 aliphatic heterocycles. The van der Waals surface area contributed by atoms with Crippen LogP contribution in [-0.2, 0) is 6.54 Å². The molecule has 1 aromatic heterocycles. The van der Waals surface area contributed by atoms with Crippen LogP contribution in [0.5, 0.6) is 0 Å². The predicted molar refractivity (Wildman–Crippen MR) is 43.2 cm³/mol. The van der Waals surface area contributed by atoms with Crippen molar-refractivity contribution in [3.05, 3.63) is 18.0 Å². The normalized spacial score (nSPS) is 13.4. The minimum atomic E-state index is 0.221. The third-order valence-corrected chi connectivity index (χ3v) is 1.57. The molecular formula is C8H14N2O. The molecule has 1 atom stereocenters. The van der Waals surface area contributed by atoms with Crippen molar-refractivity contribution in [2.24, 2.45) is 5.92 Å². The summed E-state index contributed by atoms with van der Waals surface area (Å²) in [6.45, 7) is 5.02. The van der Waals surface area contributed by atoms with Crippen molar-refractivity contribution in [1.29, 1.82) is 0 Å². The van der Waals surface area contributed by atoms with Gasteiger partial charge >= 0.3 is 0 Å². The van der Waals surface area contributed by atoms with E-state index in [4.69, 9.17) is 5.11 Å². The Morgan fingerprint density at radius 1 is 1.73 bits per heavy atom. The molecule has 0 aromatic carbocycles. The molecule has 3 nitrogen and oxygen atoms in total. The summed E-state index contributed by atoms with van der Waals surface area (Å²) < 4.78 is 1.86. The Morgan fingerprint density at radius 2 is 2.45 bits per heavy atom. The number of aryl methyl sites for hydroxylation is 1. The van der Waals surface area contributed by atoms with Gasteiger partial charge in [0.2, 0.25) is 0 Å². The average Bonchev–Trinajstić information content (AvgIpc) is 2.35. The van der Waals surface area contributed by atoms with Crippen LogP contribution in [0.15, 0.2) is 12.4 Å². The van der Waals surface area contributed by atoms with Crippen LogP contribution in [0.2, 0.25) is 0 Å². The molecule has 1 aromatic rings. The minimum absolute atomic E-state index is 0.221. The molecule has 0 amide bonds.